The number of hydrogen-bond donors (Lipinski definition) is 1. The van der Waals surface area contributed by atoms with Crippen LogP contribution in [0.4, 0.5) is 13.2 Å². The van der Waals surface area contributed by atoms with Crippen LogP contribution in [-0.2, 0) is 0 Å². The van der Waals surface area contributed by atoms with Crippen molar-refractivity contribution in [3.8, 4) is 5.75 Å². The normalized spacial score (nSPS) is 13.2. The Kier molecular flexibility index (Phi) is 4.25. The topological polar surface area (TPSA) is 34.4 Å². The molecule has 0 bridgehead atoms. The second-order valence-corrected chi connectivity index (χ2v) is 4.36. The first-order valence-electron chi connectivity index (χ1n) is 5.67. The van der Waals surface area contributed by atoms with Crippen LogP contribution in [-0.4, -0.2) is 13.4 Å². The lowest BCUT2D eigenvalue weighted by molar-refractivity contribution is -0.274. The van der Waals surface area contributed by atoms with Crippen LogP contribution in [0.15, 0.2) is 40.8 Å². The molecule has 1 atom stereocenters. The zero-order valence-corrected chi connectivity index (χ0v) is 11.1. The third kappa shape index (κ3) is 3.68. The van der Waals surface area contributed by atoms with E-state index in [0.717, 1.165) is 0 Å². The van der Waals surface area contributed by atoms with E-state index in [9.17, 15) is 13.2 Å². The molecule has 0 aliphatic rings. The summed E-state index contributed by atoms with van der Waals surface area (Å²) < 4.78 is 45.8. The Hall–Kier alpha value is -1.66. The monoisotopic (exact) mass is 305 g/mol. The molecule has 2 aromatic rings. The Bertz CT molecular complexity index is 583. The largest absolute Gasteiger partial charge is 0.573 e. The summed E-state index contributed by atoms with van der Waals surface area (Å²) in [6, 6.07) is 8.48. The third-order valence-electron chi connectivity index (χ3n) is 2.59. The highest BCUT2D eigenvalue weighted by Gasteiger charge is 2.31. The number of alkyl halides is 3. The Morgan fingerprint density at radius 2 is 2.00 bits per heavy atom. The summed E-state index contributed by atoms with van der Waals surface area (Å²) in [7, 11) is 1.67. The molecular weight excluding hydrogens is 295 g/mol. The zero-order valence-electron chi connectivity index (χ0n) is 10.4. The molecule has 0 radical (unpaired) electrons. The maximum atomic E-state index is 12.2. The van der Waals surface area contributed by atoms with E-state index in [1.54, 1.807) is 25.2 Å². The minimum absolute atomic E-state index is 0.211. The first kappa shape index (κ1) is 14.7. The summed E-state index contributed by atoms with van der Waals surface area (Å²) in [6.45, 7) is 0. The Balaban J connectivity index is 2.29. The van der Waals surface area contributed by atoms with Crippen LogP contribution in [0.25, 0.3) is 0 Å². The van der Waals surface area contributed by atoms with Crippen molar-refractivity contribution in [3.63, 3.8) is 0 Å². The van der Waals surface area contributed by atoms with Crippen LogP contribution >= 0.6 is 11.6 Å². The van der Waals surface area contributed by atoms with Crippen molar-refractivity contribution in [1.29, 1.82) is 0 Å². The van der Waals surface area contributed by atoms with E-state index < -0.39 is 12.4 Å². The molecular formula is C13H11ClF3NO2. The van der Waals surface area contributed by atoms with E-state index in [0.29, 0.717) is 11.3 Å². The van der Waals surface area contributed by atoms with Crippen molar-refractivity contribution in [1.82, 2.24) is 5.32 Å². The van der Waals surface area contributed by atoms with Gasteiger partial charge in [-0.3, -0.25) is 0 Å². The lowest BCUT2D eigenvalue weighted by atomic mass is 10.0. The van der Waals surface area contributed by atoms with Crippen molar-refractivity contribution in [3.05, 3.63) is 52.9 Å². The van der Waals surface area contributed by atoms with Crippen LogP contribution in [0, 0.1) is 0 Å². The summed E-state index contributed by atoms with van der Waals surface area (Å²) in [4.78, 5) is 0. The predicted molar refractivity (Wildman–Crippen MR) is 67.7 cm³/mol. The molecule has 0 fully saturated rings. The predicted octanol–water partition coefficient (Wildman–Crippen LogP) is 4.14. The third-order valence-corrected chi connectivity index (χ3v) is 2.80. The minimum Gasteiger partial charge on any atom is -0.448 e. The minimum atomic E-state index is -4.72. The molecule has 108 valence electrons. The molecule has 0 saturated heterocycles. The van der Waals surface area contributed by atoms with Crippen molar-refractivity contribution < 1.29 is 22.3 Å². The molecule has 1 aromatic carbocycles. The van der Waals surface area contributed by atoms with Gasteiger partial charge in [0.05, 0.1) is 6.04 Å². The lowest BCUT2D eigenvalue weighted by Crippen LogP contribution is -2.19. The van der Waals surface area contributed by atoms with E-state index in [1.165, 1.54) is 18.2 Å². The van der Waals surface area contributed by atoms with Gasteiger partial charge in [0.2, 0.25) is 0 Å². The fourth-order valence-electron chi connectivity index (χ4n) is 1.85. The number of rotatable bonds is 4. The number of ether oxygens (including phenoxy) is 1. The van der Waals surface area contributed by atoms with Gasteiger partial charge in [-0.25, -0.2) is 0 Å². The Labute approximate surface area is 118 Å². The molecule has 0 spiro atoms. The maximum absolute atomic E-state index is 12.2. The first-order chi connectivity index (χ1) is 9.39. The van der Waals surface area contributed by atoms with E-state index in [-0.39, 0.29) is 11.0 Å². The standard InChI is InChI=1S/C13H11ClF3NO2/c1-18-12(10-5-6-11(14)19-10)8-3-2-4-9(7-8)20-13(15,16)17/h2-7,12,18H,1H3. The Morgan fingerprint density at radius 3 is 2.55 bits per heavy atom. The van der Waals surface area contributed by atoms with E-state index in [4.69, 9.17) is 16.0 Å². The average molecular weight is 306 g/mol. The fraction of sp³-hybridized carbons (Fsp3) is 0.231. The molecule has 2 rings (SSSR count). The van der Waals surface area contributed by atoms with Gasteiger partial charge in [0.15, 0.2) is 5.22 Å². The number of halogens is 4. The van der Waals surface area contributed by atoms with Gasteiger partial charge in [-0.1, -0.05) is 12.1 Å². The summed E-state index contributed by atoms with van der Waals surface area (Å²) >= 11 is 5.70. The number of benzene rings is 1. The fourth-order valence-corrected chi connectivity index (χ4v) is 2.00. The van der Waals surface area contributed by atoms with Gasteiger partial charge in [0.25, 0.3) is 0 Å². The van der Waals surface area contributed by atoms with Crippen LogP contribution in [0.3, 0.4) is 0 Å². The second kappa shape index (κ2) is 5.76. The van der Waals surface area contributed by atoms with Gasteiger partial charge < -0.3 is 14.5 Å². The maximum Gasteiger partial charge on any atom is 0.573 e. The van der Waals surface area contributed by atoms with Gasteiger partial charge in [0.1, 0.15) is 11.5 Å². The highest BCUT2D eigenvalue weighted by molar-refractivity contribution is 6.28. The summed E-state index contributed by atoms with van der Waals surface area (Å²) in [5, 5.41) is 3.16. The summed E-state index contributed by atoms with van der Waals surface area (Å²) in [5.41, 5.74) is 0.570. The molecule has 0 aliphatic carbocycles. The van der Waals surface area contributed by atoms with Crippen LogP contribution in [0.5, 0.6) is 5.75 Å². The van der Waals surface area contributed by atoms with Gasteiger partial charge in [0, 0.05) is 0 Å². The number of hydrogen-bond acceptors (Lipinski definition) is 3. The van der Waals surface area contributed by atoms with Crippen molar-refractivity contribution in [2.45, 2.75) is 12.4 Å². The van der Waals surface area contributed by atoms with Gasteiger partial charge in [-0.2, -0.15) is 0 Å². The van der Waals surface area contributed by atoms with E-state index in [1.807, 2.05) is 0 Å². The molecule has 1 N–H and O–H groups in total. The van der Waals surface area contributed by atoms with E-state index >= 15 is 0 Å². The quantitative estimate of drug-likeness (QED) is 0.922. The van der Waals surface area contributed by atoms with Gasteiger partial charge in [-0.05, 0) is 48.5 Å². The molecule has 1 heterocycles. The highest BCUT2D eigenvalue weighted by atomic mass is 35.5. The summed E-state index contributed by atoms with van der Waals surface area (Å²) in [5.74, 6) is 0.217. The molecule has 0 saturated carbocycles. The second-order valence-electron chi connectivity index (χ2n) is 3.98. The number of furan rings is 1. The van der Waals surface area contributed by atoms with Crippen molar-refractivity contribution >= 4 is 11.6 Å². The molecule has 20 heavy (non-hydrogen) atoms. The Morgan fingerprint density at radius 1 is 1.25 bits per heavy atom. The molecule has 7 heteroatoms. The van der Waals surface area contributed by atoms with E-state index in [2.05, 4.69) is 10.1 Å². The SMILES string of the molecule is CNC(c1cccc(OC(F)(F)F)c1)c1ccc(Cl)o1. The average Bonchev–Trinajstić information content (AvgIpc) is 2.75. The zero-order chi connectivity index (χ0) is 14.8. The highest BCUT2D eigenvalue weighted by Crippen LogP contribution is 2.29. The molecule has 0 aliphatic heterocycles. The van der Waals surface area contributed by atoms with Crippen LogP contribution in [0.2, 0.25) is 5.22 Å². The first-order valence-corrected chi connectivity index (χ1v) is 6.05. The van der Waals surface area contributed by atoms with Crippen LogP contribution < -0.4 is 10.1 Å². The van der Waals surface area contributed by atoms with Gasteiger partial charge >= 0.3 is 6.36 Å². The van der Waals surface area contributed by atoms with Crippen molar-refractivity contribution in [2.75, 3.05) is 7.05 Å². The smallest absolute Gasteiger partial charge is 0.448 e. The summed E-state index contributed by atoms with van der Waals surface area (Å²) in [6.07, 6.45) is -4.72. The lowest BCUT2D eigenvalue weighted by Gasteiger charge is -2.16. The molecule has 3 nitrogen and oxygen atoms in total. The van der Waals surface area contributed by atoms with Crippen LogP contribution in [0.1, 0.15) is 17.4 Å². The molecule has 0 amide bonds. The molecule has 1 unspecified atom stereocenters. The van der Waals surface area contributed by atoms with Crippen molar-refractivity contribution in [2.24, 2.45) is 0 Å². The molecule has 1 aromatic heterocycles. The van der Waals surface area contributed by atoms with Gasteiger partial charge in [-0.15, -0.1) is 13.2 Å². The number of nitrogens with one attached hydrogen (secondary N) is 1.